The SMILES string of the molecule is CC(=O)[O-].CC(=O)[O-].Oc1ccc(O)cc1.[Mn+2]. The van der Waals surface area contributed by atoms with Gasteiger partial charge in [-0.15, -0.1) is 0 Å². The molecule has 0 saturated heterocycles. The number of hydrogen-bond donors (Lipinski definition) is 2. The topological polar surface area (TPSA) is 121 Å². The molecule has 0 unspecified atom stereocenters. The average Bonchev–Trinajstić information content (AvgIpc) is 2.08. The molecule has 2 N–H and O–H groups in total. The van der Waals surface area contributed by atoms with Crippen molar-refractivity contribution < 1.29 is 47.1 Å². The van der Waals surface area contributed by atoms with Crippen molar-refractivity contribution in [3.8, 4) is 11.5 Å². The summed E-state index contributed by atoms with van der Waals surface area (Å²) in [4.78, 5) is 17.8. The van der Waals surface area contributed by atoms with Crippen molar-refractivity contribution in [3.05, 3.63) is 24.3 Å². The van der Waals surface area contributed by atoms with Gasteiger partial charge in [0.05, 0.1) is 0 Å². The number of carboxylic acid groups (broad SMARTS) is 2. The van der Waals surface area contributed by atoms with E-state index in [0.29, 0.717) is 0 Å². The minimum atomic E-state index is -1.08. The smallest absolute Gasteiger partial charge is 0.550 e. The minimum Gasteiger partial charge on any atom is -0.550 e. The van der Waals surface area contributed by atoms with E-state index < -0.39 is 11.9 Å². The molecule has 1 aromatic rings. The van der Waals surface area contributed by atoms with Crippen LogP contribution in [0, 0.1) is 0 Å². The summed E-state index contributed by atoms with van der Waals surface area (Å²) in [7, 11) is 0. The van der Waals surface area contributed by atoms with E-state index in [1.807, 2.05) is 0 Å². The van der Waals surface area contributed by atoms with Gasteiger partial charge in [-0.05, 0) is 38.1 Å². The van der Waals surface area contributed by atoms with Crippen molar-refractivity contribution in [2.45, 2.75) is 13.8 Å². The zero-order valence-corrected chi connectivity index (χ0v) is 10.4. The molecule has 1 aromatic carbocycles. The van der Waals surface area contributed by atoms with Crippen molar-refractivity contribution in [3.63, 3.8) is 0 Å². The molecule has 0 aliphatic rings. The fourth-order valence-corrected chi connectivity index (χ4v) is 0.453. The van der Waals surface area contributed by atoms with Gasteiger partial charge in [-0.2, -0.15) is 0 Å². The van der Waals surface area contributed by atoms with Gasteiger partial charge in [0.1, 0.15) is 11.5 Å². The Hall–Kier alpha value is -1.72. The zero-order valence-electron chi connectivity index (χ0n) is 9.21. The molecule has 1 rings (SSSR count). The molecule has 0 bridgehead atoms. The van der Waals surface area contributed by atoms with E-state index in [4.69, 9.17) is 30.0 Å². The molecule has 0 atom stereocenters. The van der Waals surface area contributed by atoms with E-state index in [0.717, 1.165) is 13.8 Å². The average molecular weight is 283 g/mol. The second kappa shape index (κ2) is 12.3. The number of aromatic hydroxyl groups is 2. The van der Waals surface area contributed by atoms with Crippen LogP contribution in [0.2, 0.25) is 0 Å². The summed E-state index contributed by atoms with van der Waals surface area (Å²) >= 11 is 0. The summed E-state index contributed by atoms with van der Waals surface area (Å²) in [6, 6.07) is 5.70. The molecule has 0 aliphatic carbocycles. The van der Waals surface area contributed by atoms with Gasteiger partial charge in [-0.25, -0.2) is 0 Å². The number of phenols is 2. The molecule has 1 radical (unpaired) electrons. The van der Waals surface area contributed by atoms with Gasteiger partial charge in [0.2, 0.25) is 0 Å². The summed E-state index contributed by atoms with van der Waals surface area (Å²) in [5.74, 6) is -1.83. The zero-order chi connectivity index (χ0) is 13.1. The number of carboxylic acids is 2. The maximum absolute atomic E-state index is 8.89. The second-order valence-electron chi connectivity index (χ2n) is 2.50. The summed E-state index contributed by atoms with van der Waals surface area (Å²) in [6.07, 6.45) is 0. The Balaban J connectivity index is -0.000000189. The number of aliphatic carboxylic acids is 2. The van der Waals surface area contributed by atoms with Crippen LogP contribution in [0.4, 0.5) is 0 Å². The van der Waals surface area contributed by atoms with Gasteiger partial charge in [-0.3, -0.25) is 0 Å². The van der Waals surface area contributed by atoms with Gasteiger partial charge < -0.3 is 30.0 Å². The van der Waals surface area contributed by atoms with Crippen molar-refractivity contribution in [1.29, 1.82) is 0 Å². The van der Waals surface area contributed by atoms with Gasteiger partial charge in [-0.1, -0.05) is 0 Å². The Kier molecular flexibility index (Phi) is 15.0. The summed E-state index contributed by atoms with van der Waals surface area (Å²) in [5.41, 5.74) is 0. The number of phenolic OH excluding ortho intramolecular Hbond substituents is 2. The number of rotatable bonds is 0. The van der Waals surface area contributed by atoms with Crippen LogP contribution >= 0.6 is 0 Å². The maximum Gasteiger partial charge on any atom is 2.00 e. The predicted octanol–water partition coefficient (Wildman–Crippen LogP) is -1.39. The van der Waals surface area contributed by atoms with Crippen molar-refractivity contribution in [1.82, 2.24) is 0 Å². The third kappa shape index (κ3) is 31.4. The van der Waals surface area contributed by atoms with Crippen LogP contribution < -0.4 is 10.2 Å². The van der Waals surface area contributed by atoms with Crippen LogP contribution in [-0.4, -0.2) is 22.2 Å². The molecule has 0 amide bonds. The molecule has 0 fully saturated rings. The van der Waals surface area contributed by atoms with Gasteiger partial charge in [0.25, 0.3) is 0 Å². The quantitative estimate of drug-likeness (QED) is 0.446. The number of carbonyl (C=O) groups is 2. The Morgan fingerprint density at radius 3 is 1.12 bits per heavy atom. The maximum atomic E-state index is 8.89. The first-order chi connectivity index (χ1) is 7.25. The van der Waals surface area contributed by atoms with E-state index in [9.17, 15) is 0 Å². The molecule has 95 valence electrons. The number of benzene rings is 1. The standard InChI is InChI=1S/C6H6O2.2C2H4O2.Mn/c7-5-1-2-6(8)4-3-5;2*1-2(3)4;/h1-4,7-8H;2*1H3,(H,3,4);/q;;;+2/p-2. The Bertz CT molecular complexity index is 281. The molecule has 0 spiro atoms. The van der Waals surface area contributed by atoms with Crippen molar-refractivity contribution in [2.24, 2.45) is 0 Å². The molecular weight excluding hydrogens is 271 g/mol. The van der Waals surface area contributed by atoms with Crippen LogP contribution in [0.15, 0.2) is 24.3 Å². The molecule has 7 heteroatoms. The van der Waals surface area contributed by atoms with Gasteiger partial charge >= 0.3 is 17.1 Å². The van der Waals surface area contributed by atoms with E-state index in [2.05, 4.69) is 0 Å². The largest absolute Gasteiger partial charge is 2.00 e. The van der Waals surface area contributed by atoms with Crippen LogP contribution in [0.5, 0.6) is 11.5 Å². The molecule has 0 aliphatic heterocycles. The summed E-state index contributed by atoms with van der Waals surface area (Å²) in [6.45, 7) is 1.94. The van der Waals surface area contributed by atoms with Crippen LogP contribution in [-0.2, 0) is 26.7 Å². The first-order valence-corrected chi connectivity index (χ1v) is 4.09. The Morgan fingerprint density at radius 1 is 0.882 bits per heavy atom. The van der Waals surface area contributed by atoms with E-state index in [-0.39, 0.29) is 28.6 Å². The van der Waals surface area contributed by atoms with E-state index in [1.54, 1.807) is 0 Å². The molecule has 6 nitrogen and oxygen atoms in total. The van der Waals surface area contributed by atoms with E-state index >= 15 is 0 Å². The Labute approximate surface area is 109 Å². The Morgan fingerprint density at radius 2 is 1.00 bits per heavy atom. The third-order valence-corrected chi connectivity index (χ3v) is 0.850. The molecule has 0 aromatic heterocycles. The minimum absolute atomic E-state index is 0. The molecule has 0 saturated carbocycles. The normalized spacial score (nSPS) is 7.18. The number of carbonyl (C=O) groups excluding carboxylic acids is 2. The first-order valence-electron chi connectivity index (χ1n) is 4.09. The molecular formula is C10H12MnO6. The third-order valence-electron chi connectivity index (χ3n) is 0.850. The van der Waals surface area contributed by atoms with Crippen molar-refractivity contribution >= 4 is 11.9 Å². The summed E-state index contributed by atoms with van der Waals surface area (Å²) in [5, 5.41) is 35.1. The van der Waals surface area contributed by atoms with Crippen LogP contribution in [0.25, 0.3) is 0 Å². The second-order valence-corrected chi connectivity index (χ2v) is 2.50. The van der Waals surface area contributed by atoms with Crippen molar-refractivity contribution in [2.75, 3.05) is 0 Å². The fourth-order valence-electron chi connectivity index (χ4n) is 0.453. The van der Waals surface area contributed by atoms with Gasteiger partial charge in [0.15, 0.2) is 0 Å². The van der Waals surface area contributed by atoms with Gasteiger partial charge in [0, 0.05) is 11.9 Å². The monoisotopic (exact) mass is 283 g/mol. The fraction of sp³-hybridized carbons (Fsp3) is 0.200. The van der Waals surface area contributed by atoms with Crippen LogP contribution in [0.3, 0.4) is 0 Å². The number of hydrogen-bond acceptors (Lipinski definition) is 6. The molecule has 17 heavy (non-hydrogen) atoms. The van der Waals surface area contributed by atoms with Crippen LogP contribution in [0.1, 0.15) is 13.8 Å². The summed E-state index contributed by atoms with van der Waals surface area (Å²) < 4.78 is 0. The predicted molar refractivity (Wildman–Crippen MR) is 51.1 cm³/mol. The first kappa shape index (κ1) is 20.7. The van der Waals surface area contributed by atoms with E-state index in [1.165, 1.54) is 24.3 Å². The molecule has 0 heterocycles.